The van der Waals surface area contributed by atoms with Crippen molar-refractivity contribution in [2.75, 3.05) is 13.7 Å². The molecule has 1 rings (SSSR count). The van der Waals surface area contributed by atoms with Crippen molar-refractivity contribution < 1.29 is 19.4 Å². The molecular formula is C11H19NO4. The van der Waals surface area contributed by atoms with E-state index in [-0.39, 0.29) is 18.6 Å². The number of rotatable bonds is 6. The van der Waals surface area contributed by atoms with Crippen molar-refractivity contribution in [2.45, 2.75) is 44.7 Å². The zero-order valence-electron chi connectivity index (χ0n) is 10.0. The van der Waals surface area contributed by atoms with Crippen LogP contribution >= 0.6 is 0 Å². The van der Waals surface area contributed by atoms with E-state index in [1.165, 1.54) is 18.9 Å². The topological polar surface area (TPSA) is 66.8 Å². The van der Waals surface area contributed by atoms with Crippen LogP contribution in [0.3, 0.4) is 0 Å². The van der Waals surface area contributed by atoms with Crippen LogP contribution in [-0.4, -0.2) is 47.2 Å². The lowest BCUT2D eigenvalue weighted by atomic mass is 9.94. The molecule has 0 aromatic heterocycles. The minimum absolute atomic E-state index is 0.0366. The Morgan fingerprint density at radius 1 is 1.50 bits per heavy atom. The molecule has 0 bridgehead atoms. The first-order valence-corrected chi connectivity index (χ1v) is 5.51. The van der Waals surface area contributed by atoms with E-state index in [1.54, 1.807) is 6.92 Å². The van der Waals surface area contributed by atoms with E-state index in [4.69, 9.17) is 4.74 Å². The van der Waals surface area contributed by atoms with Crippen LogP contribution in [0.4, 0.5) is 0 Å². The molecule has 0 aromatic carbocycles. The lowest BCUT2D eigenvalue weighted by molar-refractivity contribution is -0.164. The molecule has 0 saturated heterocycles. The molecule has 16 heavy (non-hydrogen) atoms. The standard InChI is InChI=1S/C11H19NO4/c1-4-11(7-16-3,10(14)15)12(8(2)13)9-5-6-9/h9H,4-7H2,1-3H3,(H,14,15). The molecule has 1 fully saturated rings. The molecule has 0 aromatic rings. The summed E-state index contributed by atoms with van der Waals surface area (Å²) in [6.45, 7) is 3.22. The van der Waals surface area contributed by atoms with Gasteiger partial charge in [0, 0.05) is 20.1 Å². The fourth-order valence-electron chi connectivity index (χ4n) is 2.14. The maximum Gasteiger partial charge on any atom is 0.332 e. The van der Waals surface area contributed by atoms with Crippen molar-refractivity contribution in [3.63, 3.8) is 0 Å². The van der Waals surface area contributed by atoms with E-state index in [2.05, 4.69) is 0 Å². The number of amides is 1. The maximum absolute atomic E-state index is 11.6. The summed E-state index contributed by atoms with van der Waals surface area (Å²) >= 11 is 0. The second kappa shape index (κ2) is 4.82. The Labute approximate surface area is 95.4 Å². The van der Waals surface area contributed by atoms with Crippen molar-refractivity contribution in [1.82, 2.24) is 4.90 Å². The third-order valence-electron chi connectivity index (χ3n) is 3.08. The summed E-state index contributed by atoms with van der Waals surface area (Å²) in [5.74, 6) is -1.18. The Kier molecular flexibility index (Phi) is 3.91. The molecule has 1 saturated carbocycles. The number of ether oxygens (including phenoxy) is 1. The second-order valence-corrected chi connectivity index (χ2v) is 4.24. The highest BCUT2D eigenvalue weighted by Gasteiger charge is 2.50. The van der Waals surface area contributed by atoms with Crippen LogP contribution in [0.15, 0.2) is 0 Å². The largest absolute Gasteiger partial charge is 0.479 e. The summed E-state index contributed by atoms with van der Waals surface area (Å²) in [6, 6.07) is 0.0729. The summed E-state index contributed by atoms with van der Waals surface area (Å²) in [6.07, 6.45) is 2.13. The van der Waals surface area contributed by atoms with Crippen molar-refractivity contribution in [3.8, 4) is 0 Å². The van der Waals surface area contributed by atoms with Gasteiger partial charge in [0.2, 0.25) is 5.91 Å². The predicted molar refractivity (Wildman–Crippen MR) is 58.1 cm³/mol. The number of carbonyl (C=O) groups is 2. The lowest BCUT2D eigenvalue weighted by Crippen LogP contribution is -2.60. The maximum atomic E-state index is 11.6. The molecule has 1 aliphatic rings. The molecule has 0 radical (unpaired) electrons. The molecule has 5 nitrogen and oxygen atoms in total. The summed E-state index contributed by atoms with van der Waals surface area (Å²) in [5, 5.41) is 9.38. The Morgan fingerprint density at radius 3 is 2.31 bits per heavy atom. The van der Waals surface area contributed by atoms with Gasteiger partial charge in [0.1, 0.15) is 0 Å². The van der Waals surface area contributed by atoms with E-state index in [0.29, 0.717) is 6.42 Å². The molecule has 0 heterocycles. The first-order chi connectivity index (χ1) is 7.49. The molecule has 1 unspecified atom stereocenters. The number of aliphatic carboxylic acids is 1. The van der Waals surface area contributed by atoms with Gasteiger partial charge in [0.25, 0.3) is 0 Å². The number of hydrogen-bond acceptors (Lipinski definition) is 3. The van der Waals surface area contributed by atoms with Crippen molar-refractivity contribution in [2.24, 2.45) is 0 Å². The normalized spacial score (nSPS) is 18.9. The highest BCUT2D eigenvalue weighted by atomic mass is 16.5. The van der Waals surface area contributed by atoms with Crippen LogP contribution in [0.2, 0.25) is 0 Å². The molecule has 0 spiro atoms. The zero-order chi connectivity index (χ0) is 12.3. The van der Waals surface area contributed by atoms with Crippen molar-refractivity contribution >= 4 is 11.9 Å². The van der Waals surface area contributed by atoms with Crippen molar-refractivity contribution in [1.29, 1.82) is 0 Å². The Hall–Kier alpha value is -1.10. The van der Waals surface area contributed by atoms with E-state index in [1.807, 2.05) is 0 Å². The predicted octanol–water partition coefficient (Wildman–Crippen LogP) is 0.877. The second-order valence-electron chi connectivity index (χ2n) is 4.24. The highest BCUT2D eigenvalue weighted by molar-refractivity contribution is 5.86. The van der Waals surface area contributed by atoms with E-state index < -0.39 is 11.5 Å². The molecule has 0 aliphatic heterocycles. The van der Waals surface area contributed by atoms with E-state index >= 15 is 0 Å². The van der Waals surface area contributed by atoms with Crippen LogP contribution in [0.1, 0.15) is 33.1 Å². The van der Waals surface area contributed by atoms with E-state index in [0.717, 1.165) is 12.8 Å². The van der Waals surface area contributed by atoms with Gasteiger partial charge < -0.3 is 14.7 Å². The third kappa shape index (κ3) is 2.19. The summed E-state index contributed by atoms with van der Waals surface area (Å²) in [7, 11) is 1.46. The minimum atomic E-state index is -1.21. The SMILES string of the molecule is CCC(COC)(C(=O)O)N(C(C)=O)C1CC1. The minimum Gasteiger partial charge on any atom is -0.479 e. The summed E-state index contributed by atoms with van der Waals surface area (Å²) < 4.78 is 4.99. The zero-order valence-corrected chi connectivity index (χ0v) is 10.0. The van der Waals surface area contributed by atoms with Gasteiger partial charge in [0.05, 0.1) is 6.61 Å². The van der Waals surface area contributed by atoms with Gasteiger partial charge in [-0.2, -0.15) is 0 Å². The summed E-state index contributed by atoms with van der Waals surface area (Å²) in [5.41, 5.74) is -1.21. The van der Waals surface area contributed by atoms with Gasteiger partial charge in [-0.05, 0) is 19.3 Å². The quantitative estimate of drug-likeness (QED) is 0.734. The first kappa shape index (κ1) is 13.0. The number of carbonyl (C=O) groups excluding carboxylic acids is 1. The molecule has 1 amide bonds. The number of methoxy groups -OCH3 is 1. The highest BCUT2D eigenvalue weighted by Crippen LogP contribution is 2.35. The first-order valence-electron chi connectivity index (χ1n) is 5.51. The molecule has 5 heteroatoms. The summed E-state index contributed by atoms with van der Waals surface area (Å²) in [4.78, 5) is 24.5. The number of carboxylic acids is 1. The van der Waals surface area contributed by atoms with Crippen molar-refractivity contribution in [3.05, 3.63) is 0 Å². The van der Waals surface area contributed by atoms with Crippen LogP contribution in [0.5, 0.6) is 0 Å². The Balaban J connectivity index is 3.04. The molecule has 1 aliphatic carbocycles. The van der Waals surface area contributed by atoms with Crippen LogP contribution in [-0.2, 0) is 14.3 Å². The Bertz CT molecular complexity index is 288. The van der Waals surface area contributed by atoms with Crippen LogP contribution < -0.4 is 0 Å². The van der Waals surface area contributed by atoms with Gasteiger partial charge in [-0.25, -0.2) is 4.79 Å². The van der Waals surface area contributed by atoms with E-state index in [9.17, 15) is 14.7 Å². The molecule has 1 atom stereocenters. The van der Waals surface area contributed by atoms with Gasteiger partial charge in [-0.15, -0.1) is 0 Å². The van der Waals surface area contributed by atoms with Gasteiger partial charge >= 0.3 is 5.97 Å². The fraction of sp³-hybridized carbons (Fsp3) is 0.818. The Morgan fingerprint density at radius 2 is 2.06 bits per heavy atom. The van der Waals surface area contributed by atoms with Crippen LogP contribution in [0, 0.1) is 0 Å². The smallest absolute Gasteiger partial charge is 0.332 e. The molecule has 1 N–H and O–H groups in total. The number of carboxylic acid groups (broad SMARTS) is 1. The van der Waals surface area contributed by atoms with Gasteiger partial charge in [0.15, 0.2) is 5.54 Å². The molecular weight excluding hydrogens is 210 g/mol. The number of hydrogen-bond donors (Lipinski definition) is 1. The average molecular weight is 229 g/mol. The van der Waals surface area contributed by atoms with Gasteiger partial charge in [-0.3, -0.25) is 4.79 Å². The number of nitrogens with zero attached hydrogens (tertiary/aromatic N) is 1. The lowest BCUT2D eigenvalue weighted by Gasteiger charge is -2.39. The van der Waals surface area contributed by atoms with Gasteiger partial charge in [-0.1, -0.05) is 6.92 Å². The fourth-order valence-corrected chi connectivity index (χ4v) is 2.14. The third-order valence-corrected chi connectivity index (χ3v) is 3.08. The molecule has 92 valence electrons. The average Bonchev–Trinajstić information content (AvgIpc) is 3.00. The monoisotopic (exact) mass is 229 g/mol. The van der Waals surface area contributed by atoms with Crippen LogP contribution in [0.25, 0.3) is 0 Å².